The lowest BCUT2D eigenvalue weighted by Gasteiger charge is -2.32. The zero-order valence-corrected chi connectivity index (χ0v) is 12.5. The summed E-state index contributed by atoms with van der Waals surface area (Å²) in [5.41, 5.74) is 7.53. The summed E-state index contributed by atoms with van der Waals surface area (Å²) < 4.78 is 4.78. The van der Waals surface area contributed by atoms with Crippen molar-refractivity contribution in [3.8, 4) is 0 Å². The number of carbonyl (C=O) groups excluding carboxylic acids is 1. The van der Waals surface area contributed by atoms with Crippen molar-refractivity contribution in [1.29, 1.82) is 0 Å². The number of benzene rings is 1. The molecule has 1 heterocycles. The molecule has 1 aromatic carbocycles. The molecule has 0 radical (unpaired) electrons. The first kappa shape index (κ1) is 15.9. The number of piperidine rings is 1. The van der Waals surface area contributed by atoms with Gasteiger partial charge in [-0.15, -0.1) is 0 Å². The van der Waals surface area contributed by atoms with E-state index in [2.05, 4.69) is 4.90 Å². The maximum atomic E-state index is 11.5. The van der Waals surface area contributed by atoms with Crippen LogP contribution in [0.25, 0.3) is 0 Å². The van der Waals surface area contributed by atoms with Gasteiger partial charge >= 0.3 is 5.97 Å². The first-order valence-corrected chi connectivity index (χ1v) is 7.41. The molecule has 0 saturated carbocycles. The number of ether oxygens (including phenoxy) is 1. The van der Waals surface area contributed by atoms with E-state index in [0.717, 1.165) is 37.1 Å². The van der Waals surface area contributed by atoms with E-state index >= 15 is 0 Å². The van der Waals surface area contributed by atoms with Crippen molar-refractivity contribution >= 4 is 5.97 Å². The molecule has 0 aromatic heterocycles. The smallest absolute Gasteiger partial charge is 0.308 e. The number of hydrogen-bond acceptors (Lipinski definition) is 5. The minimum absolute atomic E-state index is 0.00669. The number of likely N-dealkylation sites (tertiary alicyclic amines) is 1. The summed E-state index contributed by atoms with van der Waals surface area (Å²) in [5.74, 6) is -0.111. The lowest BCUT2D eigenvalue weighted by molar-refractivity contribution is -0.147. The molecule has 1 aliphatic rings. The number of aliphatic hydroxyl groups is 1. The van der Waals surface area contributed by atoms with Crippen LogP contribution in [0.2, 0.25) is 0 Å². The number of esters is 1. The highest BCUT2D eigenvalue weighted by Gasteiger charge is 2.26. The Balaban J connectivity index is 1.83. The monoisotopic (exact) mass is 292 g/mol. The molecule has 1 saturated heterocycles. The van der Waals surface area contributed by atoms with Crippen molar-refractivity contribution in [2.75, 3.05) is 26.7 Å². The first-order chi connectivity index (χ1) is 10.1. The van der Waals surface area contributed by atoms with Crippen LogP contribution in [0.15, 0.2) is 24.3 Å². The molecule has 1 atom stereocenters. The molecule has 0 bridgehead atoms. The van der Waals surface area contributed by atoms with Gasteiger partial charge in [0.05, 0.1) is 19.1 Å². The van der Waals surface area contributed by atoms with Gasteiger partial charge < -0.3 is 20.5 Å². The molecular weight excluding hydrogens is 268 g/mol. The number of nitrogens with two attached hydrogens (primary N) is 1. The number of hydrogen-bond donors (Lipinski definition) is 2. The van der Waals surface area contributed by atoms with Gasteiger partial charge in [-0.1, -0.05) is 24.3 Å². The zero-order valence-electron chi connectivity index (χ0n) is 12.5. The van der Waals surface area contributed by atoms with Gasteiger partial charge in [-0.05, 0) is 37.1 Å². The second-order valence-electron chi connectivity index (χ2n) is 5.56. The fourth-order valence-corrected chi connectivity index (χ4v) is 2.74. The Hall–Kier alpha value is -1.43. The number of methoxy groups -OCH3 is 1. The zero-order chi connectivity index (χ0) is 15.2. The minimum atomic E-state index is -0.508. The molecule has 1 fully saturated rings. The van der Waals surface area contributed by atoms with Crippen LogP contribution in [0.1, 0.15) is 30.1 Å². The number of rotatable bonds is 5. The Morgan fingerprint density at radius 2 is 2.00 bits per heavy atom. The summed E-state index contributed by atoms with van der Waals surface area (Å²) in [5, 5.41) is 10.3. The average Bonchev–Trinajstić information content (AvgIpc) is 2.55. The summed E-state index contributed by atoms with van der Waals surface area (Å²) in [4.78, 5) is 13.7. The van der Waals surface area contributed by atoms with Gasteiger partial charge in [-0.3, -0.25) is 4.79 Å². The fraction of sp³-hybridized carbons (Fsp3) is 0.562. The molecule has 1 aromatic rings. The van der Waals surface area contributed by atoms with Gasteiger partial charge in [-0.25, -0.2) is 0 Å². The van der Waals surface area contributed by atoms with E-state index in [1.54, 1.807) is 0 Å². The lowest BCUT2D eigenvalue weighted by atomic mass is 9.96. The maximum absolute atomic E-state index is 11.5. The van der Waals surface area contributed by atoms with Gasteiger partial charge in [0.1, 0.15) is 0 Å². The van der Waals surface area contributed by atoms with Crippen LogP contribution in [-0.2, 0) is 16.1 Å². The Morgan fingerprint density at radius 1 is 1.38 bits per heavy atom. The van der Waals surface area contributed by atoms with Gasteiger partial charge in [-0.2, -0.15) is 0 Å². The Morgan fingerprint density at radius 3 is 2.52 bits per heavy atom. The van der Waals surface area contributed by atoms with Crippen LogP contribution in [0.3, 0.4) is 0 Å². The third kappa shape index (κ3) is 4.27. The minimum Gasteiger partial charge on any atom is -0.469 e. The Kier molecular flexibility index (Phi) is 5.73. The highest BCUT2D eigenvalue weighted by molar-refractivity contribution is 5.72. The van der Waals surface area contributed by atoms with Gasteiger partial charge in [0.25, 0.3) is 0 Å². The molecule has 21 heavy (non-hydrogen) atoms. The van der Waals surface area contributed by atoms with E-state index < -0.39 is 6.10 Å². The van der Waals surface area contributed by atoms with Crippen molar-refractivity contribution < 1.29 is 14.6 Å². The molecular formula is C16H24N2O3. The van der Waals surface area contributed by atoms with Gasteiger partial charge in [0.2, 0.25) is 0 Å². The molecule has 1 aliphatic heterocycles. The summed E-state index contributed by atoms with van der Waals surface area (Å²) >= 11 is 0. The van der Waals surface area contributed by atoms with E-state index in [-0.39, 0.29) is 11.9 Å². The summed E-state index contributed by atoms with van der Waals surface area (Å²) in [7, 11) is 1.43. The van der Waals surface area contributed by atoms with Crippen LogP contribution in [-0.4, -0.2) is 42.7 Å². The normalized spacial score (nSPS) is 18.4. The van der Waals surface area contributed by atoms with Crippen LogP contribution in [0.4, 0.5) is 0 Å². The van der Waals surface area contributed by atoms with E-state index in [4.69, 9.17) is 10.5 Å². The predicted octanol–water partition coefficient (Wildman–Crippen LogP) is 1.06. The molecule has 0 amide bonds. The number of aliphatic hydroxyl groups excluding tert-OH is 1. The molecule has 0 aliphatic carbocycles. The van der Waals surface area contributed by atoms with Gasteiger partial charge in [0.15, 0.2) is 0 Å². The summed E-state index contributed by atoms with van der Waals surface area (Å²) in [6, 6.07) is 7.74. The standard InChI is InChI=1S/C16H24N2O3/c1-21-16(20)14-6-8-18(9-7-14)11-15(19)13-4-2-12(10-17)3-5-13/h2-5,14-15,19H,6-11,17H2,1H3. The van der Waals surface area contributed by atoms with E-state index in [1.165, 1.54) is 7.11 Å². The van der Waals surface area contributed by atoms with Crippen LogP contribution < -0.4 is 5.73 Å². The maximum Gasteiger partial charge on any atom is 0.308 e. The van der Waals surface area contributed by atoms with Crippen molar-refractivity contribution in [2.45, 2.75) is 25.5 Å². The van der Waals surface area contributed by atoms with Crippen molar-refractivity contribution in [2.24, 2.45) is 11.7 Å². The SMILES string of the molecule is COC(=O)C1CCN(CC(O)c2ccc(CN)cc2)CC1. The van der Waals surface area contributed by atoms with E-state index in [9.17, 15) is 9.90 Å². The third-order valence-electron chi connectivity index (χ3n) is 4.15. The molecule has 5 heteroatoms. The van der Waals surface area contributed by atoms with E-state index in [1.807, 2.05) is 24.3 Å². The molecule has 3 N–H and O–H groups in total. The fourth-order valence-electron chi connectivity index (χ4n) is 2.74. The molecule has 2 rings (SSSR count). The number of carbonyl (C=O) groups is 1. The molecule has 1 unspecified atom stereocenters. The Bertz CT molecular complexity index is 453. The second-order valence-corrected chi connectivity index (χ2v) is 5.56. The molecule has 5 nitrogen and oxygen atoms in total. The van der Waals surface area contributed by atoms with Crippen LogP contribution >= 0.6 is 0 Å². The van der Waals surface area contributed by atoms with Crippen molar-refractivity contribution in [3.05, 3.63) is 35.4 Å². The number of nitrogens with zero attached hydrogens (tertiary/aromatic N) is 1. The van der Waals surface area contributed by atoms with E-state index in [0.29, 0.717) is 13.1 Å². The topological polar surface area (TPSA) is 75.8 Å². The highest BCUT2D eigenvalue weighted by Crippen LogP contribution is 2.21. The van der Waals surface area contributed by atoms with Crippen molar-refractivity contribution in [3.63, 3.8) is 0 Å². The Labute approximate surface area is 125 Å². The van der Waals surface area contributed by atoms with Crippen LogP contribution in [0.5, 0.6) is 0 Å². The highest BCUT2D eigenvalue weighted by atomic mass is 16.5. The largest absolute Gasteiger partial charge is 0.469 e. The number of β-amino-alcohol motifs (C(OH)–C–C–N with tert-alkyl or cyclic N) is 1. The molecule has 116 valence electrons. The second kappa shape index (κ2) is 7.54. The third-order valence-corrected chi connectivity index (χ3v) is 4.15. The van der Waals surface area contributed by atoms with Gasteiger partial charge in [0, 0.05) is 13.1 Å². The summed E-state index contributed by atoms with van der Waals surface area (Å²) in [6.45, 7) is 2.74. The lowest BCUT2D eigenvalue weighted by Crippen LogP contribution is -2.38. The average molecular weight is 292 g/mol. The predicted molar refractivity (Wildman–Crippen MR) is 80.5 cm³/mol. The van der Waals surface area contributed by atoms with Crippen LogP contribution in [0, 0.1) is 5.92 Å². The molecule has 0 spiro atoms. The summed E-state index contributed by atoms with van der Waals surface area (Å²) in [6.07, 6.45) is 1.09. The first-order valence-electron chi connectivity index (χ1n) is 7.41. The quantitative estimate of drug-likeness (QED) is 0.794. The van der Waals surface area contributed by atoms with Crippen molar-refractivity contribution in [1.82, 2.24) is 4.90 Å².